The molecule has 2 aromatic rings. The third-order valence-corrected chi connectivity index (χ3v) is 2.01. The summed E-state index contributed by atoms with van der Waals surface area (Å²) in [5.41, 5.74) is 11.6. The van der Waals surface area contributed by atoms with Crippen molar-refractivity contribution in [3.05, 3.63) is 41.9 Å². The average molecular weight is 215 g/mol. The first-order valence-corrected chi connectivity index (χ1v) is 4.51. The zero-order valence-electron chi connectivity index (χ0n) is 8.29. The fourth-order valence-electron chi connectivity index (χ4n) is 1.24. The van der Waals surface area contributed by atoms with Gasteiger partial charge in [0.25, 0.3) is 0 Å². The van der Waals surface area contributed by atoms with Gasteiger partial charge in [0.15, 0.2) is 5.78 Å². The molecule has 6 nitrogen and oxygen atoms in total. The smallest absolute Gasteiger partial charge is 0.221 e. The van der Waals surface area contributed by atoms with Gasteiger partial charge in [0, 0.05) is 24.2 Å². The van der Waals surface area contributed by atoms with Crippen molar-refractivity contribution in [1.82, 2.24) is 15.0 Å². The molecule has 2 heterocycles. The molecule has 0 aliphatic carbocycles. The van der Waals surface area contributed by atoms with E-state index in [0.29, 0.717) is 5.56 Å². The Hall–Kier alpha value is -2.50. The number of anilines is 2. The molecule has 0 spiro atoms. The standard InChI is InChI=1S/C10H9N5O/c11-9-7(5-14-10(12)15-9)8(16)6-2-1-3-13-4-6/h1-5H,(H4,11,12,14,15). The number of carbonyl (C=O) groups excluding carboxylic acids is 1. The molecule has 0 atom stereocenters. The van der Waals surface area contributed by atoms with Crippen molar-refractivity contribution in [3.8, 4) is 0 Å². The van der Waals surface area contributed by atoms with Gasteiger partial charge in [-0.15, -0.1) is 0 Å². The zero-order valence-corrected chi connectivity index (χ0v) is 8.29. The Morgan fingerprint density at radius 2 is 2.06 bits per heavy atom. The second kappa shape index (κ2) is 3.93. The van der Waals surface area contributed by atoms with Gasteiger partial charge in [-0.25, -0.2) is 4.98 Å². The predicted octanol–water partition coefficient (Wildman–Crippen LogP) is 0.267. The Kier molecular flexibility index (Phi) is 2.47. The van der Waals surface area contributed by atoms with Crippen molar-refractivity contribution in [2.75, 3.05) is 11.5 Å². The highest BCUT2D eigenvalue weighted by Crippen LogP contribution is 2.13. The van der Waals surface area contributed by atoms with Crippen LogP contribution in [0.1, 0.15) is 15.9 Å². The summed E-state index contributed by atoms with van der Waals surface area (Å²) in [7, 11) is 0. The molecule has 6 heteroatoms. The summed E-state index contributed by atoms with van der Waals surface area (Å²) in [6.45, 7) is 0. The van der Waals surface area contributed by atoms with E-state index in [2.05, 4.69) is 15.0 Å². The fraction of sp³-hybridized carbons (Fsp3) is 0. The lowest BCUT2D eigenvalue weighted by atomic mass is 10.1. The Morgan fingerprint density at radius 3 is 2.69 bits per heavy atom. The molecule has 0 radical (unpaired) electrons. The van der Waals surface area contributed by atoms with Crippen LogP contribution in [0.5, 0.6) is 0 Å². The van der Waals surface area contributed by atoms with Crippen molar-refractivity contribution < 1.29 is 4.79 Å². The molecule has 0 bridgehead atoms. The van der Waals surface area contributed by atoms with E-state index in [-0.39, 0.29) is 23.1 Å². The van der Waals surface area contributed by atoms with Crippen LogP contribution < -0.4 is 11.5 Å². The number of nitrogens with two attached hydrogens (primary N) is 2. The van der Waals surface area contributed by atoms with E-state index < -0.39 is 0 Å². The maximum absolute atomic E-state index is 11.9. The Labute approximate surface area is 91.4 Å². The average Bonchev–Trinajstić information content (AvgIpc) is 2.29. The van der Waals surface area contributed by atoms with Crippen molar-refractivity contribution in [2.24, 2.45) is 0 Å². The number of ketones is 1. The summed E-state index contributed by atoms with van der Waals surface area (Å²) >= 11 is 0. The minimum absolute atomic E-state index is 0.0419. The number of nitrogens with zero attached hydrogens (tertiary/aromatic N) is 3. The van der Waals surface area contributed by atoms with Crippen molar-refractivity contribution in [1.29, 1.82) is 0 Å². The second-order valence-corrected chi connectivity index (χ2v) is 3.10. The van der Waals surface area contributed by atoms with E-state index in [9.17, 15) is 4.79 Å². The molecule has 2 rings (SSSR count). The highest BCUT2D eigenvalue weighted by molar-refractivity contribution is 6.11. The Bertz CT molecular complexity index is 526. The Morgan fingerprint density at radius 1 is 1.25 bits per heavy atom. The van der Waals surface area contributed by atoms with Gasteiger partial charge in [0.1, 0.15) is 5.82 Å². The number of pyridine rings is 1. The number of carbonyl (C=O) groups is 1. The molecule has 0 aliphatic rings. The van der Waals surface area contributed by atoms with Crippen LogP contribution in [-0.4, -0.2) is 20.7 Å². The molecular weight excluding hydrogens is 206 g/mol. The van der Waals surface area contributed by atoms with Crippen molar-refractivity contribution in [2.45, 2.75) is 0 Å². The summed E-state index contributed by atoms with van der Waals surface area (Å²) in [6, 6.07) is 3.31. The first-order chi connectivity index (χ1) is 7.68. The fourth-order valence-corrected chi connectivity index (χ4v) is 1.24. The molecule has 0 amide bonds. The molecular formula is C10H9N5O. The van der Waals surface area contributed by atoms with Crippen LogP contribution in [0.15, 0.2) is 30.7 Å². The van der Waals surface area contributed by atoms with E-state index >= 15 is 0 Å². The number of aromatic nitrogens is 3. The number of nitrogen functional groups attached to an aromatic ring is 2. The molecule has 0 saturated carbocycles. The Balaban J connectivity index is 2.42. The lowest BCUT2D eigenvalue weighted by Crippen LogP contribution is -2.09. The normalized spacial score (nSPS) is 10.0. The van der Waals surface area contributed by atoms with Gasteiger partial charge in [-0.1, -0.05) is 0 Å². The third-order valence-electron chi connectivity index (χ3n) is 2.01. The maximum Gasteiger partial charge on any atom is 0.221 e. The topological polar surface area (TPSA) is 108 Å². The van der Waals surface area contributed by atoms with Crippen LogP contribution in [0.3, 0.4) is 0 Å². The van der Waals surface area contributed by atoms with Crippen molar-refractivity contribution in [3.63, 3.8) is 0 Å². The summed E-state index contributed by atoms with van der Waals surface area (Å²) < 4.78 is 0. The predicted molar refractivity (Wildman–Crippen MR) is 58.5 cm³/mol. The minimum Gasteiger partial charge on any atom is -0.383 e. The molecule has 80 valence electrons. The van der Waals surface area contributed by atoms with Gasteiger partial charge in [-0.05, 0) is 12.1 Å². The molecule has 2 aromatic heterocycles. The summed E-state index contributed by atoms with van der Waals surface area (Å²) in [5.74, 6) is -0.160. The largest absolute Gasteiger partial charge is 0.383 e. The molecule has 0 aliphatic heterocycles. The second-order valence-electron chi connectivity index (χ2n) is 3.10. The molecule has 0 saturated heterocycles. The van der Waals surface area contributed by atoms with Gasteiger partial charge in [-0.2, -0.15) is 4.98 Å². The minimum atomic E-state index is -0.273. The summed E-state index contributed by atoms with van der Waals surface area (Å²) in [6.07, 6.45) is 4.35. The first-order valence-electron chi connectivity index (χ1n) is 4.51. The molecule has 0 fully saturated rings. The van der Waals surface area contributed by atoms with E-state index in [1.54, 1.807) is 18.3 Å². The zero-order chi connectivity index (χ0) is 11.5. The van der Waals surface area contributed by atoms with E-state index in [0.717, 1.165) is 0 Å². The van der Waals surface area contributed by atoms with Crippen LogP contribution in [0.2, 0.25) is 0 Å². The van der Waals surface area contributed by atoms with Crippen LogP contribution in [-0.2, 0) is 0 Å². The van der Waals surface area contributed by atoms with Crippen LogP contribution >= 0.6 is 0 Å². The highest BCUT2D eigenvalue weighted by Gasteiger charge is 2.13. The van der Waals surface area contributed by atoms with E-state index in [4.69, 9.17) is 11.5 Å². The highest BCUT2D eigenvalue weighted by atomic mass is 16.1. The van der Waals surface area contributed by atoms with Gasteiger partial charge in [-0.3, -0.25) is 9.78 Å². The maximum atomic E-state index is 11.9. The van der Waals surface area contributed by atoms with Crippen LogP contribution in [0.4, 0.5) is 11.8 Å². The van der Waals surface area contributed by atoms with Crippen LogP contribution in [0.25, 0.3) is 0 Å². The van der Waals surface area contributed by atoms with Gasteiger partial charge in [0.2, 0.25) is 5.95 Å². The molecule has 0 unspecified atom stereocenters. The summed E-state index contributed by atoms with van der Waals surface area (Å²) in [4.78, 5) is 23.2. The number of rotatable bonds is 2. The third kappa shape index (κ3) is 1.81. The van der Waals surface area contributed by atoms with Gasteiger partial charge < -0.3 is 11.5 Å². The van der Waals surface area contributed by atoms with Crippen molar-refractivity contribution >= 4 is 17.5 Å². The lowest BCUT2D eigenvalue weighted by Gasteiger charge is -2.03. The van der Waals surface area contributed by atoms with E-state index in [1.807, 2.05) is 0 Å². The van der Waals surface area contributed by atoms with Crippen LogP contribution in [0, 0.1) is 0 Å². The number of hydrogen-bond donors (Lipinski definition) is 2. The molecule has 0 aromatic carbocycles. The SMILES string of the molecule is Nc1ncc(C(=O)c2cccnc2)c(N)n1. The first kappa shape index (κ1) is 10.0. The monoisotopic (exact) mass is 215 g/mol. The number of hydrogen-bond acceptors (Lipinski definition) is 6. The summed E-state index contributed by atoms with van der Waals surface area (Å²) in [5, 5.41) is 0. The molecule has 4 N–H and O–H groups in total. The quantitative estimate of drug-likeness (QED) is 0.696. The molecule has 16 heavy (non-hydrogen) atoms. The van der Waals surface area contributed by atoms with Gasteiger partial charge in [0.05, 0.1) is 5.56 Å². The van der Waals surface area contributed by atoms with E-state index in [1.165, 1.54) is 12.4 Å². The van der Waals surface area contributed by atoms with Gasteiger partial charge >= 0.3 is 0 Å². The lowest BCUT2D eigenvalue weighted by molar-refractivity contribution is 0.103.